The number of oxazole rings is 1. The molecule has 122 valence electrons. The average Bonchev–Trinajstić information content (AvgIpc) is 3.03. The molecule has 1 amide bonds. The van der Waals surface area contributed by atoms with Crippen LogP contribution in [0.4, 0.5) is 0 Å². The maximum absolute atomic E-state index is 11.8. The van der Waals surface area contributed by atoms with Gasteiger partial charge in [0, 0.05) is 4.90 Å². The summed E-state index contributed by atoms with van der Waals surface area (Å²) in [6.45, 7) is 0. The standard InChI is InChI=1S/C17H15N3O2S2/c1-23-13-8-6-12(7-9-13)10-18-20-16(21)11-24-17-19-14-4-2-3-5-15(14)22-17/h2-10H,11H2,1H3,(H,20,21)/b18-10-. The number of benzene rings is 2. The lowest BCUT2D eigenvalue weighted by Crippen LogP contribution is -2.19. The highest BCUT2D eigenvalue weighted by Gasteiger charge is 2.08. The van der Waals surface area contributed by atoms with Gasteiger partial charge in [-0.15, -0.1) is 11.8 Å². The van der Waals surface area contributed by atoms with Gasteiger partial charge in [0.15, 0.2) is 5.58 Å². The molecule has 7 heteroatoms. The van der Waals surface area contributed by atoms with Gasteiger partial charge in [0.2, 0.25) is 0 Å². The number of nitrogens with zero attached hydrogens (tertiary/aromatic N) is 2. The Balaban J connectivity index is 1.49. The Kier molecular flexibility index (Phi) is 5.55. The molecule has 2 aromatic carbocycles. The van der Waals surface area contributed by atoms with E-state index in [1.807, 2.05) is 54.8 Å². The smallest absolute Gasteiger partial charge is 0.257 e. The van der Waals surface area contributed by atoms with Crippen molar-refractivity contribution in [2.75, 3.05) is 12.0 Å². The van der Waals surface area contributed by atoms with Crippen LogP contribution in [0.25, 0.3) is 11.1 Å². The van der Waals surface area contributed by atoms with Crippen LogP contribution in [-0.2, 0) is 4.79 Å². The van der Waals surface area contributed by atoms with Crippen molar-refractivity contribution in [2.24, 2.45) is 5.10 Å². The fourth-order valence-electron chi connectivity index (χ4n) is 1.94. The number of amides is 1. The molecular formula is C17H15N3O2S2. The van der Waals surface area contributed by atoms with Crippen LogP contribution >= 0.6 is 23.5 Å². The number of hydrazone groups is 1. The van der Waals surface area contributed by atoms with Crippen LogP contribution in [0.1, 0.15) is 5.56 Å². The maximum atomic E-state index is 11.8. The first kappa shape index (κ1) is 16.6. The van der Waals surface area contributed by atoms with E-state index in [2.05, 4.69) is 15.5 Å². The molecule has 1 N–H and O–H groups in total. The lowest BCUT2D eigenvalue weighted by molar-refractivity contribution is -0.118. The van der Waals surface area contributed by atoms with E-state index in [9.17, 15) is 4.79 Å². The van der Waals surface area contributed by atoms with Crippen molar-refractivity contribution < 1.29 is 9.21 Å². The van der Waals surface area contributed by atoms with Crippen molar-refractivity contribution in [3.63, 3.8) is 0 Å². The number of fused-ring (bicyclic) bond motifs is 1. The Hall–Kier alpha value is -2.25. The van der Waals surface area contributed by atoms with Crippen molar-refractivity contribution in [3.05, 3.63) is 54.1 Å². The zero-order chi connectivity index (χ0) is 16.8. The highest BCUT2D eigenvalue weighted by atomic mass is 32.2. The third kappa shape index (κ3) is 4.39. The van der Waals surface area contributed by atoms with Crippen LogP contribution in [0.3, 0.4) is 0 Å². The Morgan fingerprint density at radius 1 is 1.25 bits per heavy atom. The quantitative estimate of drug-likeness (QED) is 0.413. The van der Waals surface area contributed by atoms with Gasteiger partial charge in [-0.2, -0.15) is 5.10 Å². The van der Waals surface area contributed by atoms with Gasteiger partial charge >= 0.3 is 0 Å². The van der Waals surface area contributed by atoms with Crippen LogP contribution in [0.5, 0.6) is 0 Å². The molecule has 0 aliphatic carbocycles. The molecule has 0 aliphatic rings. The third-order valence-electron chi connectivity index (χ3n) is 3.12. The summed E-state index contributed by atoms with van der Waals surface area (Å²) in [6, 6.07) is 15.4. The molecule has 5 nitrogen and oxygen atoms in total. The molecule has 24 heavy (non-hydrogen) atoms. The molecule has 3 rings (SSSR count). The number of thioether (sulfide) groups is 2. The Labute approximate surface area is 147 Å². The van der Waals surface area contributed by atoms with E-state index in [1.54, 1.807) is 18.0 Å². The number of hydrogen-bond donors (Lipinski definition) is 1. The number of carbonyl (C=O) groups excluding carboxylic acids is 1. The van der Waals surface area contributed by atoms with Crippen molar-refractivity contribution in [3.8, 4) is 0 Å². The molecule has 3 aromatic rings. The van der Waals surface area contributed by atoms with Crippen LogP contribution < -0.4 is 5.43 Å². The van der Waals surface area contributed by atoms with Gasteiger partial charge in [-0.1, -0.05) is 36.0 Å². The van der Waals surface area contributed by atoms with E-state index in [4.69, 9.17) is 4.42 Å². The fourth-order valence-corrected chi connectivity index (χ4v) is 2.98. The predicted octanol–water partition coefficient (Wildman–Crippen LogP) is 3.79. The van der Waals surface area contributed by atoms with Gasteiger partial charge in [0.05, 0.1) is 12.0 Å². The first-order valence-electron chi connectivity index (χ1n) is 7.19. The fraction of sp³-hybridized carbons (Fsp3) is 0.118. The van der Waals surface area contributed by atoms with E-state index >= 15 is 0 Å². The molecule has 0 saturated heterocycles. The molecule has 1 aromatic heterocycles. The summed E-state index contributed by atoms with van der Waals surface area (Å²) >= 11 is 2.92. The molecule has 0 unspecified atom stereocenters. The SMILES string of the molecule is CSc1ccc(/C=N\NC(=O)CSc2nc3ccccc3o2)cc1. The second-order valence-corrected chi connectivity index (χ2v) is 6.61. The summed E-state index contributed by atoms with van der Waals surface area (Å²) in [4.78, 5) is 17.3. The van der Waals surface area contributed by atoms with Crippen LogP contribution in [0.15, 0.2) is 68.2 Å². The summed E-state index contributed by atoms with van der Waals surface area (Å²) in [5, 5.41) is 4.43. The number of aromatic nitrogens is 1. The Morgan fingerprint density at radius 3 is 2.79 bits per heavy atom. The second kappa shape index (κ2) is 8.03. The monoisotopic (exact) mass is 357 g/mol. The topological polar surface area (TPSA) is 67.5 Å². The lowest BCUT2D eigenvalue weighted by Gasteiger charge is -1.98. The van der Waals surface area contributed by atoms with Crippen molar-refractivity contribution in [1.82, 2.24) is 10.4 Å². The number of hydrogen-bond acceptors (Lipinski definition) is 6. The van der Waals surface area contributed by atoms with Crippen molar-refractivity contribution in [1.29, 1.82) is 0 Å². The third-order valence-corrected chi connectivity index (χ3v) is 4.69. The minimum absolute atomic E-state index is 0.190. The zero-order valence-corrected chi connectivity index (χ0v) is 14.6. The summed E-state index contributed by atoms with van der Waals surface area (Å²) in [5.41, 5.74) is 4.93. The van der Waals surface area contributed by atoms with Gasteiger partial charge in [0.1, 0.15) is 5.52 Å². The number of rotatable bonds is 6. The predicted molar refractivity (Wildman–Crippen MR) is 98.7 cm³/mol. The number of para-hydroxylation sites is 2. The van der Waals surface area contributed by atoms with Gasteiger partial charge in [0.25, 0.3) is 11.1 Å². The molecule has 0 bridgehead atoms. The van der Waals surface area contributed by atoms with E-state index in [-0.39, 0.29) is 11.7 Å². The first-order chi connectivity index (χ1) is 11.7. The average molecular weight is 357 g/mol. The van der Waals surface area contributed by atoms with Crippen LogP contribution in [0.2, 0.25) is 0 Å². The van der Waals surface area contributed by atoms with Gasteiger partial charge < -0.3 is 4.42 Å². The molecule has 0 saturated carbocycles. The van der Waals surface area contributed by atoms with Gasteiger partial charge in [-0.05, 0) is 36.1 Å². The largest absolute Gasteiger partial charge is 0.431 e. The van der Waals surface area contributed by atoms with E-state index in [1.165, 1.54) is 16.7 Å². The molecule has 0 aliphatic heterocycles. The highest BCUT2D eigenvalue weighted by Crippen LogP contribution is 2.22. The minimum atomic E-state index is -0.209. The van der Waals surface area contributed by atoms with E-state index < -0.39 is 0 Å². The van der Waals surface area contributed by atoms with Crippen LogP contribution in [-0.4, -0.2) is 29.1 Å². The molecular weight excluding hydrogens is 342 g/mol. The summed E-state index contributed by atoms with van der Waals surface area (Å²) in [7, 11) is 0. The molecule has 0 spiro atoms. The number of carbonyl (C=O) groups is 1. The molecule has 1 heterocycles. The minimum Gasteiger partial charge on any atom is -0.431 e. The molecule has 0 radical (unpaired) electrons. The Bertz CT molecular complexity index is 827. The lowest BCUT2D eigenvalue weighted by atomic mass is 10.2. The normalized spacial score (nSPS) is 11.2. The summed E-state index contributed by atoms with van der Waals surface area (Å²) < 4.78 is 5.55. The van der Waals surface area contributed by atoms with Crippen LogP contribution in [0, 0.1) is 0 Å². The zero-order valence-electron chi connectivity index (χ0n) is 12.9. The first-order valence-corrected chi connectivity index (χ1v) is 9.40. The number of nitrogens with one attached hydrogen (secondary N) is 1. The van der Waals surface area contributed by atoms with Gasteiger partial charge in [-0.25, -0.2) is 10.4 Å². The highest BCUT2D eigenvalue weighted by molar-refractivity contribution is 7.99. The summed E-state index contributed by atoms with van der Waals surface area (Å²) in [5.74, 6) is -0.0190. The second-order valence-electron chi connectivity index (χ2n) is 4.80. The molecule has 0 atom stereocenters. The van der Waals surface area contributed by atoms with Crippen molar-refractivity contribution in [2.45, 2.75) is 10.1 Å². The van der Waals surface area contributed by atoms with E-state index in [0.717, 1.165) is 11.1 Å². The summed E-state index contributed by atoms with van der Waals surface area (Å²) in [6.07, 6.45) is 3.64. The Morgan fingerprint density at radius 2 is 2.04 bits per heavy atom. The van der Waals surface area contributed by atoms with Crippen molar-refractivity contribution >= 4 is 46.7 Å². The van der Waals surface area contributed by atoms with E-state index in [0.29, 0.717) is 10.8 Å². The molecule has 0 fully saturated rings. The maximum Gasteiger partial charge on any atom is 0.257 e. The van der Waals surface area contributed by atoms with Gasteiger partial charge in [-0.3, -0.25) is 4.79 Å².